The van der Waals surface area contributed by atoms with Crippen LogP contribution in [0.25, 0.3) is 0 Å². The summed E-state index contributed by atoms with van der Waals surface area (Å²) in [6.07, 6.45) is 1.08. The maximum Gasteiger partial charge on any atom is 0.255 e. The van der Waals surface area contributed by atoms with E-state index >= 15 is 0 Å². The molecule has 9 nitrogen and oxygen atoms in total. The van der Waals surface area contributed by atoms with Crippen LogP contribution >= 0.6 is 0 Å². The Morgan fingerprint density at radius 3 is 2.39 bits per heavy atom. The van der Waals surface area contributed by atoms with Crippen molar-refractivity contribution >= 4 is 21.7 Å². The summed E-state index contributed by atoms with van der Waals surface area (Å²) in [5.41, 5.74) is 3.25. The van der Waals surface area contributed by atoms with Gasteiger partial charge in [0, 0.05) is 37.8 Å². The smallest absolute Gasteiger partial charge is 0.255 e. The molecule has 0 saturated carbocycles. The standard InChI is InChI=1S/C26H33N3O6S/c1-2-35-24-15-20(26(32)29-9-11-36(33,34)12-10-29)7-8-23(24)25(31)28-17-22(30)16-27-21-13-18-5-3-4-6-19(18)14-21/h3-8,15,21-22,27,30H,2,9-14,16-17H2,1H3,(H,28,31)/t22-/m0/s1. The quantitative estimate of drug-likeness (QED) is 0.451. The highest BCUT2D eigenvalue weighted by Gasteiger charge is 2.27. The van der Waals surface area contributed by atoms with Crippen molar-refractivity contribution in [2.24, 2.45) is 0 Å². The van der Waals surface area contributed by atoms with Crippen LogP contribution in [0.3, 0.4) is 0 Å². The van der Waals surface area contributed by atoms with Crippen LogP contribution < -0.4 is 15.4 Å². The Bertz CT molecular complexity index is 1180. The molecule has 2 aliphatic rings. The molecule has 1 aliphatic heterocycles. The topological polar surface area (TPSA) is 125 Å². The van der Waals surface area contributed by atoms with Crippen LogP contribution in [0.15, 0.2) is 42.5 Å². The third-order valence-corrected chi connectivity index (χ3v) is 8.21. The molecule has 0 radical (unpaired) electrons. The van der Waals surface area contributed by atoms with Gasteiger partial charge < -0.3 is 25.4 Å². The number of sulfone groups is 1. The first-order valence-electron chi connectivity index (χ1n) is 12.3. The Morgan fingerprint density at radius 1 is 1.08 bits per heavy atom. The molecule has 0 aromatic heterocycles. The summed E-state index contributed by atoms with van der Waals surface area (Å²) < 4.78 is 28.9. The average Bonchev–Trinajstić information content (AvgIpc) is 3.29. The van der Waals surface area contributed by atoms with Crippen LogP contribution in [0.2, 0.25) is 0 Å². The second kappa shape index (κ2) is 11.4. The van der Waals surface area contributed by atoms with Gasteiger partial charge in [0.2, 0.25) is 0 Å². The van der Waals surface area contributed by atoms with E-state index in [1.54, 1.807) is 13.0 Å². The summed E-state index contributed by atoms with van der Waals surface area (Å²) in [6.45, 7) is 2.80. The van der Waals surface area contributed by atoms with Gasteiger partial charge >= 0.3 is 0 Å². The fourth-order valence-electron chi connectivity index (χ4n) is 4.60. The number of carbonyl (C=O) groups is 2. The zero-order valence-electron chi connectivity index (χ0n) is 20.4. The molecule has 4 rings (SSSR count). The molecule has 0 unspecified atom stereocenters. The largest absolute Gasteiger partial charge is 0.493 e. The Hall–Kier alpha value is -2.95. The van der Waals surface area contributed by atoms with Gasteiger partial charge in [-0.25, -0.2) is 8.42 Å². The number of ether oxygens (including phenoxy) is 1. The van der Waals surface area contributed by atoms with Gasteiger partial charge in [-0.15, -0.1) is 0 Å². The maximum absolute atomic E-state index is 12.9. The van der Waals surface area contributed by atoms with E-state index in [4.69, 9.17) is 4.74 Å². The fourth-order valence-corrected chi connectivity index (χ4v) is 5.80. The Morgan fingerprint density at radius 2 is 1.75 bits per heavy atom. The van der Waals surface area contributed by atoms with Crippen molar-refractivity contribution in [3.63, 3.8) is 0 Å². The summed E-state index contributed by atoms with van der Waals surface area (Å²) in [6, 6.07) is 13.2. The number of carbonyl (C=O) groups excluding carboxylic acids is 2. The number of rotatable bonds is 9. The van der Waals surface area contributed by atoms with Gasteiger partial charge in [0.25, 0.3) is 11.8 Å². The number of hydrogen-bond acceptors (Lipinski definition) is 7. The van der Waals surface area contributed by atoms with E-state index in [0.717, 1.165) is 12.8 Å². The van der Waals surface area contributed by atoms with E-state index in [9.17, 15) is 23.1 Å². The van der Waals surface area contributed by atoms with E-state index < -0.39 is 21.8 Å². The highest BCUT2D eigenvalue weighted by atomic mass is 32.2. The highest BCUT2D eigenvalue weighted by molar-refractivity contribution is 7.91. The lowest BCUT2D eigenvalue weighted by Gasteiger charge is -2.27. The van der Waals surface area contributed by atoms with Gasteiger partial charge in [0.15, 0.2) is 9.84 Å². The Balaban J connectivity index is 1.30. The van der Waals surface area contributed by atoms with Gasteiger partial charge in [-0.05, 0) is 49.1 Å². The molecule has 2 aromatic rings. The molecule has 194 valence electrons. The molecule has 2 amide bonds. The lowest BCUT2D eigenvalue weighted by molar-refractivity contribution is 0.0768. The normalized spacial score (nSPS) is 17.9. The van der Waals surface area contributed by atoms with Crippen molar-refractivity contribution in [1.82, 2.24) is 15.5 Å². The summed E-state index contributed by atoms with van der Waals surface area (Å²) in [5.74, 6) is -0.547. The molecule has 1 atom stereocenters. The predicted octanol–water partition coefficient (Wildman–Crippen LogP) is 0.804. The Labute approximate surface area is 211 Å². The lowest BCUT2D eigenvalue weighted by atomic mass is 10.1. The third-order valence-electron chi connectivity index (χ3n) is 6.60. The highest BCUT2D eigenvalue weighted by Crippen LogP contribution is 2.23. The summed E-state index contributed by atoms with van der Waals surface area (Å²) in [4.78, 5) is 27.2. The lowest BCUT2D eigenvalue weighted by Crippen LogP contribution is -2.43. The first kappa shape index (κ1) is 26.1. The minimum absolute atomic E-state index is 0.0532. The predicted molar refractivity (Wildman–Crippen MR) is 136 cm³/mol. The maximum atomic E-state index is 12.9. The van der Waals surface area contributed by atoms with Crippen LogP contribution in [-0.2, 0) is 22.7 Å². The van der Waals surface area contributed by atoms with Gasteiger partial charge in [0.1, 0.15) is 5.75 Å². The number of fused-ring (bicyclic) bond motifs is 1. The van der Waals surface area contributed by atoms with Crippen molar-refractivity contribution in [1.29, 1.82) is 0 Å². The zero-order chi connectivity index (χ0) is 25.7. The molecule has 36 heavy (non-hydrogen) atoms. The van der Waals surface area contributed by atoms with E-state index in [0.29, 0.717) is 18.7 Å². The van der Waals surface area contributed by atoms with Crippen LogP contribution in [0.4, 0.5) is 0 Å². The zero-order valence-corrected chi connectivity index (χ0v) is 21.2. The summed E-state index contributed by atoms with van der Waals surface area (Å²) in [5, 5.41) is 16.5. The van der Waals surface area contributed by atoms with E-state index in [2.05, 4.69) is 22.8 Å². The van der Waals surface area contributed by atoms with Crippen molar-refractivity contribution in [3.8, 4) is 5.75 Å². The second-order valence-corrected chi connectivity index (χ2v) is 11.5. The number of nitrogens with zero attached hydrogens (tertiary/aromatic N) is 1. The molecule has 1 saturated heterocycles. The molecular weight excluding hydrogens is 482 g/mol. The fraction of sp³-hybridized carbons (Fsp3) is 0.462. The van der Waals surface area contributed by atoms with E-state index in [1.807, 2.05) is 12.1 Å². The number of aliphatic hydroxyl groups excluding tert-OH is 1. The molecule has 2 aromatic carbocycles. The van der Waals surface area contributed by atoms with Gasteiger partial charge in [-0.1, -0.05) is 24.3 Å². The molecule has 10 heteroatoms. The number of nitrogens with one attached hydrogen (secondary N) is 2. The second-order valence-electron chi connectivity index (χ2n) is 9.23. The summed E-state index contributed by atoms with van der Waals surface area (Å²) in [7, 11) is -3.10. The van der Waals surface area contributed by atoms with E-state index in [1.165, 1.54) is 28.2 Å². The molecule has 0 bridgehead atoms. The van der Waals surface area contributed by atoms with Crippen LogP contribution in [0.5, 0.6) is 5.75 Å². The number of aliphatic hydroxyl groups is 1. The monoisotopic (exact) mass is 515 g/mol. The number of amides is 2. The molecule has 1 aliphatic carbocycles. The van der Waals surface area contributed by atoms with Crippen molar-refractivity contribution < 1.29 is 27.9 Å². The SMILES string of the molecule is CCOc1cc(C(=O)N2CCS(=O)(=O)CC2)ccc1C(=O)NC[C@@H](O)CNC1Cc2ccccc2C1. The van der Waals surface area contributed by atoms with E-state index in [-0.39, 0.29) is 54.4 Å². The third kappa shape index (κ3) is 6.43. The number of hydrogen-bond donors (Lipinski definition) is 3. The summed E-state index contributed by atoms with van der Waals surface area (Å²) >= 11 is 0. The molecule has 0 spiro atoms. The van der Waals surface area contributed by atoms with Crippen molar-refractivity contribution in [2.75, 3.05) is 44.3 Å². The molecular formula is C26H33N3O6S. The first-order chi connectivity index (χ1) is 17.3. The number of benzene rings is 2. The first-order valence-corrected chi connectivity index (χ1v) is 14.1. The molecule has 3 N–H and O–H groups in total. The molecule has 1 fully saturated rings. The molecule has 1 heterocycles. The minimum Gasteiger partial charge on any atom is -0.493 e. The van der Waals surface area contributed by atoms with Gasteiger partial charge in [-0.2, -0.15) is 0 Å². The van der Waals surface area contributed by atoms with Crippen LogP contribution in [0, 0.1) is 0 Å². The van der Waals surface area contributed by atoms with Gasteiger partial charge in [0.05, 0.1) is 29.8 Å². The van der Waals surface area contributed by atoms with Crippen LogP contribution in [-0.4, -0.2) is 86.7 Å². The Kier molecular flexibility index (Phi) is 8.28. The van der Waals surface area contributed by atoms with Crippen LogP contribution in [0.1, 0.15) is 38.8 Å². The van der Waals surface area contributed by atoms with Gasteiger partial charge in [-0.3, -0.25) is 9.59 Å². The van der Waals surface area contributed by atoms with Crippen molar-refractivity contribution in [3.05, 3.63) is 64.7 Å². The average molecular weight is 516 g/mol. The van der Waals surface area contributed by atoms with Crippen molar-refractivity contribution in [2.45, 2.75) is 31.9 Å². The minimum atomic E-state index is -3.10.